The fraction of sp³-hybridized carbons (Fsp3) is 0.217. The maximum absolute atomic E-state index is 13.4. The molecule has 0 saturated heterocycles. The highest BCUT2D eigenvalue weighted by atomic mass is 32.2. The highest BCUT2D eigenvalue weighted by Gasteiger charge is 2.27. The Bertz CT molecular complexity index is 1120. The third kappa shape index (κ3) is 5.90. The van der Waals surface area contributed by atoms with Crippen molar-refractivity contribution in [2.45, 2.75) is 24.9 Å². The Labute approximate surface area is 182 Å². The van der Waals surface area contributed by atoms with Crippen molar-refractivity contribution in [1.29, 1.82) is 0 Å². The van der Waals surface area contributed by atoms with Crippen LogP contribution < -0.4 is 10.1 Å². The number of ether oxygens (including phenoxy) is 1. The largest absolute Gasteiger partial charge is 0.496 e. The van der Waals surface area contributed by atoms with Crippen molar-refractivity contribution in [3.63, 3.8) is 0 Å². The molecule has 3 rings (SSSR count). The monoisotopic (exact) mass is 439 g/mol. The number of amides is 1. The Morgan fingerprint density at radius 3 is 2.45 bits per heavy atom. The SMILES string of the molecule is COc1ccc(S(=O)(=O)N(CC(=O)NCc2cccnc2)Cc2ccccc2)cc1C. The first-order valence-electron chi connectivity index (χ1n) is 9.74. The van der Waals surface area contributed by atoms with Crippen LogP contribution in [0.1, 0.15) is 16.7 Å². The molecule has 0 unspecified atom stereocenters. The molecule has 3 aromatic rings. The third-order valence-corrected chi connectivity index (χ3v) is 6.53. The van der Waals surface area contributed by atoms with Crippen molar-refractivity contribution >= 4 is 15.9 Å². The number of carbonyl (C=O) groups excluding carboxylic acids is 1. The van der Waals surface area contributed by atoms with Crippen LogP contribution in [0.2, 0.25) is 0 Å². The zero-order chi connectivity index (χ0) is 22.3. The van der Waals surface area contributed by atoms with Crippen LogP contribution in [-0.2, 0) is 27.9 Å². The first-order chi connectivity index (χ1) is 14.9. The molecular formula is C23H25N3O4S. The summed E-state index contributed by atoms with van der Waals surface area (Å²) in [7, 11) is -2.39. The second-order valence-electron chi connectivity index (χ2n) is 7.03. The van der Waals surface area contributed by atoms with E-state index in [-0.39, 0.29) is 24.5 Å². The van der Waals surface area contributed by atoms with Gasteiger partial charge in [-0.3, -0.25) is 9.78 Å². The van der Waals surface area contributed by atoms with E-state index in [0.717, 1.165) is 11.1 Å². The fourth-order valence-corrected chi connectivity index (χ4v) is 4.56. The standard InChI is InChI=1S/C23H25N3O4S/c1-18-13-21(10-11-22(18)30-2)31(28,29)26(16-19-7-4-3-5-8-19)17-23(27)25-15-20-9-6-12-24-14-20/h3-14H,15-17H2,1-2H3,(H,25,27). The number of hydrogen-bond acceptors (Lipinski definition) is 5. The number of carbonyl (C=O) groups is 1. The van der Waals surface area contributed by atoms with Crippen molar-refractivity contribution in [2.24, 2.45) is 0 Å². The lowest BCUT2D eigenvalue weighted by molar-refractivity contribution is -0.121. The minimum atomic E-state index is -3.92. The molecule has 0 radical (unpaired) electrons. The summed E-state index contributed by atoms with van der Waals surface area (Å²) in [6, 6.07) is 17.5. The van der Waals surface area contributed by atoms with Gasteiger partial charge in [0.25, 0.3) is 0 Å². The first kappa shape index (κ1) is 22.5. The van der Waals surface area contributed by atoms with Gasteiger partial charge in [-0.15, -0.1) is 0 Å². The summed E-state index contributed by atoms with van der Waals surface area (Å²) in [4.78, 5) is 16.7. The predicted molar refractivity (Wildman–Crippen MR) is 118 cm³/mol. The maximum Gasteiger partial charge on any atom is 0.243 e. The van der Waals surface area contributed by atoms with E-state index in [4.69, 9.17) is 4.74 Å². The Morgan fingerprint density at radius 2 is 1.81 bits per heavy atom. The lowest BCUT2D eigenvalue weighted by atomic mass is 10.2. The van der Waals surface area contributed by atoms with Gasteiger partial charge in [-0.05, 0) is 47.9 Å². The molecule has 1 heterocycles. The lowest BCUT2D eigenvalue weighted by Gasteiger charge is -2.22. The lowest BCUT2D eigenvalue weighted by Crippen LogP contribution is -2.40. The maximum atomic E-state index is 13.4. The summed E-state index contributed by atoms with van der Waals surface area (Å²) >= 11 is 0. The molecule has 1 amide bonds. The summed E-state index contributed by atoms with van der Waals surface area (Å²) in [6.45, 7) is 1.82. The van der Waals surface area contributed by atoms with Crippen molar-refractivity contribution < 1.29 is 17.9 Å². The normalized spacial score (nSPS) is 11.3. The average molecular weight is 440 g/mol. The van der Waals surface area contributed by atoms with Gasteiger partial charge in [0.15, 0.2) is 0 Å². The van der Waals surface area contributed by atoms with Gasteiger partial charge in [0.2, 0.25) is 15.9 Å². The van der Waals surface area contributed by atoms with Crippen LogP contribution in [0.3, 0.4) is 0 Å². The van der Waals surface area contributed by atoms with E-state index >= 15 is 0 Å². The highest BCUT2D eigenvalue weighted by molar-refractivity contribution is 7.89. The highest BCUT2D eigenvalue weighted by Crippen LogP contribution is 2.24. The molecule has 2 aromatic carbocycles. The number of nitrogens with one attached hydrogen (secondary N) is 1. The zero-order valence-electron chi connectivity index (χ0n) is 17.5. The number of pyridine rings is 1. The molecule has 0 bridgehead atoms. The molecule has 0 aliphatic carbocycles. The molecule has 0 fully saturated rings. The summed E-state index contributed by atoms with van der Waals surface area (Å²) in [6.07, 6.45) is 3.30. The van der Waals surface area contributed by atoms with Crippen molar-refractivity contribution in [3.05, 3.63) is 89.7 Å². The van der Waals surface area contributed by atoms with Crippen LogP contribution in [0.25, 0.3) is 0 Å². The zero-order valence-corrected chi connectivity index (χ0v) is 18.3. The van der Waals surface area contributed by atoms with Crippen LogP contribution in [0, 0.1) is 6.92 Å². The van der Waals surface area contributed by atoms with E-state index in [0.29, 0.717) is 11.3 Å². The van der Waals surface area contributed by atoms with Gasteiger partial charge < -0.3 is 10.1 Å². The topological polar surface area (TPSA) is 88.6 Å². The van der Waals surface area contributed by atoms with E-state index < -0.39 is 15.9 Å². The van der Waals surface area contributed by atoms with E-state index in [1.54, 1.807) is 37.5 Å². The first-order valence-corrected chi connectivity index (χ1v) is 11.2. The molecule has 0 aliphatic rings. The number of methoxy groups -OCH3 is 1. The number of rotatable bonds is 9. The van der Waals surface area contributed by atoms with Crippen LogP contribution >= 0.6 is 0 Å². The Balaban J connectivity index is 1.83. The molecule has 1 N–H and O–H groups in total. The smallest absolute Gasteiger partial charge is 0.243 e. The summed E-state index contributed by atoms with van der Waals surface area (Å²) in [5, 5.41) is 2.76. The Morgan fingerprint density at radius 1 is 1.06 bits per heavy atom. The van der Waals surface area contributed by atoms with E-state index in [1.807, 2.05) is 36.4 Å². The number of sulfonamides is 1. The van der Waals surface area contributed by atoms with E-state index in [1.165, 1.54) is 17.5 Å². The number of benzene rings is 2. The van der Waals surface area contributed by atoms with Crippen LogP contribution in [0.5, 0.6) is 5.75 Å². The van der Waals surface area contributed by atoms with Crippen LogP contribution in [-0.4, -0.2) is 37.3 Å². The molecule has 8 heteroatoms. The molecule has 1 aromatic heterocycles. The van der Waals surface area contributed by atoms with E-state index in [9.17, 15) is 13.2 Å². The Kier molecular flexibility index (Phi) is 7.38. The molecular weight excluding hydrogens is 414 g/mol. The minimum absolute atomic E-state index is 0.0779. The predicted octanol–water partition coefficient (Wildman–Crippen LogP) is 2.91. The van der Waals surface area contributed by atoms with Gasteiger partial charge in [-0.2, -0.15) is 4.31 Å². The third-order valence-electron chi connectivity index (χ3n) is 4.74. The molecule has 0 atom stereocenters. The van der Waals surface area contributed by atoms with Crippen molar-refractivity contribution in [3.8, 4) is 5.75 Å². The molecule has 7 nitrogen and oxygen atoms in total. The van der Waals surface area contributed by atoms with Gasteiger partial charge in [-0.1, -0.05) is 36.4 Å². The van der Waals surface area contributed by atoms with Crippen molar-refractivity contribution in [1.82, 2.24) is 14.6 Å². The summed E-state index contributed by atoms with van der Waals surface area (Å²) < 4.78 is 33.2. The molecule has 0 aliphatic heterocycles. The molecule has 0 spiro atoms. The van der Waals surface area contributed by atoms with Gasteiger partial charge in [-0.25, -0.2) is 8.42 Å². The van der Waals surface area contributed by atoms with Gasteiger partial charge in [0.1, 0.15) is 5.75 Å². The second-order valence-corrected chi connectivity index (χ2v) is 8.97. The van der Waals surface area contributed by atoms with Gasteiger partial charge >= 0.3 is 0 Å². The summed E-state index contributed by atoms with van der Waals surface area (Å²) in [5.41, 5.74) is 2.32. The van der Waals surface area contributed by atoms with Crippen molar-refractivity contribution in [2.75, 3.05) is 13.7 Å². The summed E-state index contributed by atoms with van der Waals surface area (Å²) in [5.74, 6) is 0.205. The minimum Gasteiger partial charge on any atom is -0.496 e. The quantitative estimate of drug-likeness (QED) is 0.554. The second kappa shape index (κ2) is 10.2. The van der Waals surface area contributed by atoms with Gasteiger partial charge in [0, 0.05) is 25.5 Å². The fourth-order valence-electron chi connectivity index (χ4n) is 3.09. The number of aryl methyl sites for hydroxylation is 1. The van der Waals surface area contributed by atoms with Crippen LogP contribution in [0.4, 0.5) is 0 Å². The molecule has 31 heavy (non-hydrogen) atoms. The molecule has 0 saturated carbocycles. The van der Waals surface area contributed by atoms with Crippen LogP contribution in [0.15, 0.2) is 78.0 Å². The molecule has 162 valence electrons. The van der Waals surface area contributed by atoms with Gasteiger partial charge in [0.05, 0.1) is 18.6 Å². The number of hydrogen-bond donors (Lipinski definition) is 1. The number of nitrogens with zero attached hydrogens (tertiary/aromatic N) is 2. The number of aromatic nitrogens is 1. The Hall–Kier alpha value is -3.23. The average Bonchev–Trinajstić information content (AvgIpc) is 2.78. The van der Waals surface area contributed by atoms with E-state index in [2.05, 4.69) is 10.3 Å².